The minimum Gasteiger partial charge on any atom is -0.355 e. The van der Waals surface area contributed by atoms with Crippen LogP contribution in [0.4, 0.5) is 0 Å². The summed E-state index contributed by atoms with van der Waals surface area (Å²) in [4.78, 5) is 24.5. The highest BCUT2D eigenvalue weighted by atomic mass is 79.9. The molecule has 1 unspecified atom stereocenters. The number of hydrogen-bond donors (Lipinski definition) is 1. The highest BCUT2D eigenvalue weighted by Crippen LogP contribution is 2.09. The number of carbonyl (C=O) groups is 2. The van der Waals surface area contributed by atoms with E-state index in [0.29, 0.717) is 12.1 Å². The van der Waals surface area contributed by atoms with Crippen LogP contribution in [0.2, 0.25) is 0 Å². The van der Waals surface area contributed by atoms with E-state index >= 15 is 0 Å². The van der Waals surface area contributed by atoms with Gasteiger partial charge in [0.25, 0.3) is 5.91 Å². The van der Waals surface area contributed by atoms with E-state index in [1.165, 1.54) is 0 Å². The third-order valence-corrected chi connectivity index (χ3v) is 2.97. The van der Waals surface area contributed by atoms with Gasteiger partial charge in [0.15, 0.2) is 0 Å². The number of halogens is 1. The van der Waals surface area contributed by atoms with Gasteiger partial charge in [-0.3, -0.25) is 9.59 Å². The molecule has 4 nitrogen and oxygen atoms in total. The van der Waals surface area contributed by atoms with Gasteiger partial charge in [-0.1, -0.05) is 28.1 Å². The lowest BCUT2D eigenvalue weighted by molar-refractivity contribution is -0.129. The summed E-state index contributed by atoms with van der Waals surface area (Å²) in [6.07, 6.45) is 0. The summed E-state index contributed by atoms with van der Waals surface area (Å²) < 4.78 is 0. The molecule has 1 aromatic carbocycles. The van der Waals surface area contributed by atoms with Crippen LogP contribution in [0, 0.1) is 0 Å². The Hall–Kier alpha value is -1.36. The standard InChI is InChI=1S/C13H17BrN2O2/c1-9(14)13(18)16(3)8-10-4-6-11(7-5-10)12(17)15-2/h4-7,9H,8H2,1-3H3,(H,15,17). The van der Waals surface area contributed by atoms with Crippen LogP contribution in [0.5, 0.6) is 0 Å². The van der Waals surface area contributed by atoms with Gasteiger partial charge in [-0.05, 0) is 24.6 Å². The lowest BCUT2D eigenvalue weighted by Gasteiger charge is -2.18. The predicted octanol–water partition coefficient (Wildman–Crippen LogP) is 1.79. The Morgan fingerprint density at radius 1 is 1.33 bits per heavy atom. The molecule has 0 aliphatic heterocycles. The summed E-state index contributed by atoms with van der Waals surface area (Å²) >= 11 is 3.25. The van der Waals surface area contributed by atoms with Crippen LogP contribution in [-0.4, -0.2) is 35.6 Å². The lowest BCUT2D eigenvalue weighted by atomic mass is 10.1. The van der Waals surface area contributed by atoms with Crippen LogP contribution >= 0.6 is 15.9 Å². The number of nitrogens with zero attached hydrogens (tertiary/aromatic N) is 1. The first-order chi connectivity index (χ1) is 8.45. The molecule has 2 amide bonds. The molecular formula is C13H17BrN2O2. The fourth-order valence-corrected chi connectivity index (χ4v) is 1.91. The second-order valence-corrected chi connectivity index (χ2v) is 5.46. The number of nitrogens with one attached hydrogen (secondary N) is 1. The maximum Gasteiger partial charge on any atom is 0.251 e. The van der Waals surface area contributed by atoms with Gasteiger partial charge in [0, 0.05) is 26.2 Å². The molecule has 1 rings (SSSR count). The second-order valence-electron chi connectivity index (χ2n) is 4.09. The maximum atomic E-state index is 11.7. The van der Waals surface area contributed by atoms with Gasteiger partial charge in [-0.15, -0.1) is 0 Å². The van der Waals surface area contributed by atoms with Crippen molar-refractivity contribution in [3.63, 3.8) is 0 Å². The monoisotopic (exact) mass is 312 g/mol. The van der Waals surface area contributed by atoms with E-state index in [9.17, 15) is 9.59 Å². The minimum atomic E-state index is -0.187. The Kier molecular flexibility index (Phi) is 5.34. The Morgan fingerprint density at radius 2 is 1.89 bits per heavy atom. The van der Waals surface area contributed by atoms with E-state index in [-0.39, 0.29) is 16.6 Å². The quantitative estimate of drug-likeness (QED) is 0.862. The molecule has 0 aliphatic carbocycles. The topological polar surface area (TPSA) is 49.4 Å². The Labute approximate surface area is 115 Å². The lowest BCUT2D eigenvalue weighted by Crippen LogP contribution is -2.31. The van der Waals surface area contributed by atoms with Crippen molar-refractivity contribution in [1.82, 2.24) is 10.2 Å². The summed E-state index contributed by atoms with van der Waals surface area (Å²) in [6, 6.07) is 7.22. The van der Waals surface area contributed by atoms with Crippen molar-refractivity contribution in [3.8, 4) is 0 Å². The van der Waals surface area contributed by atoms with Crippen LogP contribution in [0.15, 0.2) is 24.3 Å². The number of rotatable bonds is 4. The van der Waals surface area contributed by atoms with Crippen molar-refractivity contribution in [2.75, 3.05) is 14.1 Å². The average Bonchev–Trinajstić information content (AvgIpc) is 2.37. The molecule has 0 bridgehead atoms. The second kappa shape index (κ2) is 6.54. The summed E-state index contributed by atoms with van der Waals surface area (Å²) in [5, 5.41) is 2.56. The zero-order chi connectivity index (χ0) is 13.7. The normalized spacial score (nSPS) is 11.8. The van der Waals surface area contributed by atoms with E-state index in [1.807, 2.05) is 12.1 Å². The van der Waals surface area contributed by atoms with Gasteiger partial charge in [0.05, 0.1) is 4.83 Å². The first-order valence-electron chi connectivity index (χ1n) is 5.65. The van der Waals surface area contributed by atoms with Crippen molar-refractivity contribution in [1.29, 1.82) is 0 Å². The number of alkyl halides is 1. The van der Waals surface area contributed by atoms with E-state index in [0.717, 1.165) is 5.56 Å². The van der Waals surface area contributed by atoms with Gasteiger partial charge in [-0.25, -0.2) is 0 Å². The van der Waals surface area contributed by atoms with E-state index in [4.69, 9.17) is 0 Å². The molecule has 0 aliphatic rings. The number of amides is 2. The largest absolute Gasteiger partial charge is 0.355 e. The third-order valence-electron chi connectivity index (χ3n) is 2.58. The molecule has 0 saturated carbocycles. The van der Waals surface area contributed by atoms with E-state index in [2.05, 4.69) is 21.2 Å². The van der Waals surface area contributed by atoms with Crippen LogP contribution in [-0.2, 0) is 11.3 Å². The minimum absolute atomic E-state index is 0.0328. The van der Waals surface area contributed by atoms with Crippen molar-refractivity contribution in [2.24, 2.45) is 0 Å². The molecule has 1 atom stereocenters. The molecule has 0 aromatic heterocycles. The predicted molar refractivity (Wildman–Crippen MR) is 74.7 cm³/mol. The molecule has 1 aromatic rings. The SMILES string of the molecule is CNC(=O)c1ccc(CN(C)C(=O)C(C)Br)cc1. The summed E-state index contributed by atoms with van der Waals surface area (Å²) in [7, 11) is 3.35. The van der Waals surface area contributed by atoms with Gasteiger partial charge >= 0.3 is 0 Å². The van der Waals surface area contributed by atoms with Gasteiger partial charge in [-0.2, -0.15) is 0 Å². The van der Waals surface area contributed by atoms with Crippen molar-refractivity contribution in [3.05, 3.63) is 35.4 Å². The van der Waals surface area contributed by atoms with Crippen LogP contribution < -0.4 is 5.32 Å². The number of hydrogen-bond acceptors (Lipinski definition) is 2. The maximum absolute atomic E-state index is 11.7. The smallest absolute Gasteiger partial charge is 0.251 e. The Bertz CT molecular complexity index is 429. The molecule has 0 fully saturated rings. The molecule has 1 N–H and O–H groups in total. The molecule has 18 heavy (non-hydrogen) atoms. The Morgan fingerprint density at radius 3 is 2.33 bits per heavy atom. The molecule has 0 heterocycles. The van der Waals surface area contributed by atoms with Crippen molar-refractivity contribution >= 4 is 27.7 Å². The highest BCUT2D eigenvalue weighted by molar-refractivity contribution is 9.10. The molecule has 5 heteroatoms. The number of carbonyl (C=O) groups excluding carboxylic acids is 2. The zero-order valence-electron chi connectivity index (χ0n) is 10.7. The van der Waals surface area contributed by atoms with Crippen LogP contribution in [0.25, 0.3) is 0 Å². The number of benzene rings is 1. The van der Waals surface area contributed by atoms with Crippen molar-refractivity contribution in [2.45, 2.75) is 18.3 Å². The van der Waals surface area contributed by atoms with E-state index < -0.39 is 0 Å². The van der Waals surface area contributed by atoms with Gasteiger partial charge < -0.3 is 10.2 Å². The molecule has 0 saturated heterocycles. The Balaban J connectivity index is 2.69. The molecular weight excluding hydrogens is 296 g/mol. The summed E-state index contributed by atoms with van der Waals surface area (Å²) in [6.45, 7) is 2.33. The first-order valence-corrected chi connectivity index (χ1v) is 6.57. The fourth-order valence-electron chi connectivity index (χ4n) is 1.56. The average molecular weight is 313 g/mol. The van der Waals surface area contributed by atoms with E-state index in [1.54, 1.807) is 38.1 Å². The zero-order valence-corrected chi connectivity index (χ0v) is 12.3. The van der Waals surface area contributed by atoms with Gasteiger partial charge in [0.1, 0.15) is 0 Å². The van der Waals surface area contributed by atoms with Crippen LogP contribution in [0.1, 0.15) is 22.8 Å². The molecule has 98 valence electrons. The first kappa shape index (κ1) is 14.7. The summed E-state index contributed by atoms with van der Waals surface area (Å²) in [5.74, 6) is -0.0783. The molecule has 0 spiro atoms. The van der Waals surface area contributed by atoms with Crippen molar-refractivity contribution < 1.29 is 9.59 Å². The highest BCUT2D eigenvalue weighted by Gasteiger charge is 2.14. The fraction of sp³-hybridized carbons (Fsp3) is 0.385. The third kappa shape index (κ3) is 3.84. The van der Waals surface area contributed by atoms with Gasteiger partial charge in [0.2, 0.25) is 5.91 Å². The van der Waals surface area contributed by atoms with Crippen LogP contribution in [0.3, 0.4) is 0 Å². The summed E-state index contributed by atoms with van der Waals surface area (Å²) in [5.41, 5.74) is 1.61. The molecule has 0 radical (unpaired) electrons.